The molecule has 1 amide bonds. The lowest BCUT2D eigenvalue weighted by atomic mass is 10.2. The van der Waals surface area contributed by atoms with Crippen LogP contribution in [0.3, 0.4) is 0 Å². The van der Waals surface area contributed by atoms with E-state index >= 15 is 0 Å². The molecule has 0 aliphatic rings. The predicted octanol–water partition coefficient (Wildman–Crippen LogP) is 3.11. The fourth-order valence-corrected chi connectivity index (χ4v) is 2.46. The molecule has 0 bridgehead atoms. The van der Waals surface area contributed by atoms with Crippen LogP contribution in [0.15, 0.2) is 23.0 Å². The Morgan fingerprint density at radius 3 is 2.79 bits per heavy atom. The normalized spacial score (nSPS) is 11.5. The molecule has 1 aromatic carbocycles. The van der Waals surface area contributed by atoms with Crippen molar-refractivity contribution in [2.75, 3.05) is 6.54 Å². The maximum Gasteiger partial charge on any atom is 0.407 e. The van der Waals surface area contributed by atoms with Gasteiger partial charge in [-0.25, -0.2) is 9.18 Å². The predicted molar refractivity (Wildman–Crippen MR) is 92.2 cm³/mol. The van der Waals surface area contributed by atoms with Crippen LogP contribution in [0.5, 0.6) is 0 Å². The summed E-state index contributed by atoms with van der Waals surface area (Å²) in [6.45, 7) is 5.96. The average Bonchev–Trinajstić information content (AvgIpc) is 2.45. The summed E-state index contributed by atoms with van der Waals surface area (Å²) in [6, 6.07) is 4.29. The molecule has 130 valence electrons. The smallest absolute Gasteiger partial charge is 0.407 e. The first kappa shape index (κ1) is 18.1. The molecule has 1 heterocycles. The van der Waals surface area contributed by atoms with Gasteiger partial charge in [0.05, 0.1) is 10.9 Å². The van der Waals surface area contributed by atoms with Crippen molar-refractivity contribution in [1.29, 1.82) is 0 Å². The van der Waals surface area contributed by atoms with Crippen LogP contribution in [0.4, 0.5) is 9.18 Å². The summed E-state index contributed by atoms with van der Waals surface area (Å²) >= 11 is 5.13. The van der Waals surface area contributed by atoms with Gasteiger partial charge in [-0.05, 0) is 51.5 Å². The van der Waals surface area contributed by atoms with Gasteiger partial charge in [-0.2, -0.15) is 0 Å². The molecule has 24 heavy (non-hydrogen) atoms. The number of carbonyl (C=O) groups is 1. The van der Waals surface area contributed by atoms with Gasteiger partial charge in [0.1, 0.15) is 11.4 Å². The number of para-hydroxylation sites is 1. The lowest BCUT2D eigenvalue weighted by molar-refractivity contribution is 0.0526. The standard InChI is InChI=1S/C16H20FN3O3S/c1-16(2,3)23-15(22)18-8-5-9-20-13(21)10-6-4-7-11(17)12(10)19-14(20)24/h4,6-7H,5,8-9H2,1-3H3,(H,18,22)(H,19,24). The molecule has 8 heteroatoms. The topological polar surface area (TPSA) is 76.1 Å². The minimum Gasteiger partial charge on any atom is -0.444 e. The number of aromatic amines is 1. The number of amides is 1. The number of nitrogens with one attached hydrogen (secondary N) is 2. The minimum absolute atomic E-state index is 0.107. The SMILES string of the molecule is CC(C)(C)OC(=O)NCCCn1c(=S)[nH]c2c(F)cccc2c1=O. The Hall–Kier alpha value is -2.22. The summed E-state index contributed by atoms with van der Waals surface area (Å²) < 4.78 is 20.3. The number of aromatic nitrogens is 2. The van der Waals surface area contributed by atoms with Gasteiger partial charge < -0.3 is 15.0 Å². The Kier molecular flexibility index (Phi) is 5.38. The number of hydrogen-bond acceptors (Lipinski definition) is 4. The molecule has 0 aliphatic heterocycles. The highest BCUT2D eigenvalue weighted by atomic mass is 32.1. The summed E-state index contributed by atoms with van der Waals surface area (Å²) in [6.07, 6.45) is -0.0298. The van der Waals surface area contributed by atoms with Crippen molar-refractivity contribution in [3.05, 3.63) is 39.1 Å². The fraction of sp³-hybridized carbons (Fsp3) is 0.438. The molecular weight excluding hydrogens is 333 g/mol. The molecule has 2 rings (SSSR count). The highest BCUT2D eigenvalue weighted by molar-refractivity contribution is 7.71. The van der Waals surface area contributed by atoms with Crippen LogP contribution in [0.2, 0.25) is 0 Å². The number of H-pyrrole nitrogens is 1. The van der Waals surface area contributed by atoms with Crippen molar-refractivity contribution in [3.8, 4) is 0 Å². The van der Waals surface area contributed by atoms with E-state index in [2.05, 4.69) is 10.3 Å². The van der Waals surface area contributed by atoms with Crippen LogP contribution >= 0.6 is 12.2 Å². The van der Waals surface area contributed by atoms with E-state index in [4.69, 9.17) is 17.0 Å². The second kappa shape index (κ2) is 7.12. The van der Waals surface area contributed by atoms with E-state index in [0.717, 1.165) is 0 Å². The number of benzene rings is 1. The number of fused-ring (bicyclic) bond motifs is 1. The molecule has 0 atom stereocenters. The average molecular weight is 353 g/mol. The van der Waals surface area contributed by atoms with Crippen LogP contribution in [0.1, 0.15) is 27.2 Å². The van der Waals surface area contributed by atoms with Gasteiger partial charge in [0.25, 0.3) is 5.56 Å². The molecule has 0 spiro atoms. The van der Waals surface area contributed by atoms with Crippen molar-refractivity contribution >= 4 is 29.2 Å². The second-order valence-corrected chi connectivity index (χ2v) is 6.72. The number of hydrogen-bond donors (Lipinski definition) is 2. The van der Waals surface area contributed by atoms with Gasteiger partial charge in [-0.1, -0.05) is 6.07 Å². The Bertz CT molecular complexity index is 867. The Morgan fingerprint density at radius 1 is 1.42 bits per heavy atom. The quantitative estimate of drug-likeness (QED) is 0.654. The largest absolute Gasteiger partial charge is 0.444 e. The third kappa shape index (κ3) is 4.41. The number of alkyl carbamates (subject to hydrolysis) is 1. The summed E-state index contributed by atoms with van der Waals surface area (Å²) in [4.78, 5) is 26.7. The number of carbonyl (C=O) groups excluding carboxylic acids is 1. The molecule has 0 aliphatic carbocycles. The van der Waals surface area contributed by atoms with Gasteiger partial charge in [0, 0.05) is 13.1 Å². The molecule has 0 radical (unpaired) electrons. The zero-order chi connectivity index (χ0) is 17.9. The summed E-state index contributed by atoms with van der Waals surface area (Å²) in [5.41, 5.74) is -0.812. The van der Waals surface area contributed by atoms with Crippen LogP contribution in [0.25, 0.3) is 10.9 Å². The van der Waals surface area contributed by atoms with E-state index in [9.17, 15) is 14.0 Å². The van der Waals surface area contributed by atoms with Crippen molar-refractivity contribution in [3.63, 3.8) is 0 Å². The monoisotopic (exact) mass is 353 g/mol. The number of ether oxygens (including phenoxy) is 1. The highest BCUT2D eigenvalue weighted by Gasteiger charge is 2.15. The van der Waals surface area contributed by atoms with Gasteiger partial charge in [0.15, 0.2) is 4.77 Å². The van der Waals surface area contributed by atoms with E-state index < -0.39 is 17.5 Å². The van der Waals surface area contributed by atoms with E-state index in [1.807, 2.05) is 0 Å². The molecule has 0 fully saturated rings. The molecule has 2 aromatic rings. The van der Waals surface area contributed by atoms with Gasteiger partial charge in [-0.3, -0.25) is 9.36 Å². The van der Waals surface area contributed by atoms with Crippen molar-refractivity contribution in [2.45, 2.75) is 39.3 Å². The molecule has 6 nitrogen and oxygen atoms in total. The summed E-state index contributed by atoms with van der Waals surface area (Å²) in [5.74, 6) is -0.519. The third-order valence-corrected chi connectivity index (χ3v) is 3.52. The Balaban J connectivity index is 2.05. The molecule has 2 N–H and O–H groups in total. The van der Waals surface area contributed by atoms with Crippen molar-refractivity contribution < 1.29 is 13.9 Å². The van der Waals surface area contributed by atoms with Crippen molar-refractivity contribution in [1.82, 2.24) is 14.9 Å². The van der Waals surface area contributed by atoms with Crippen LogP contribution in [-0.4, -0.2) is 27.8 Å². The van der Waals surface area contributed by atoms with Crippen LogP contribution in [-0.2, 0) is 11.3 Å². The third-order valence-electron chi connectivity index (χ3n) is 3.19. The maximum absolute atomic E-state index is 13.7. The minimum atomic E-state index is -0.563. The number of halogens is 1. The van der Waals surface area contributed by atoms with Gasteiger partial charge in [0.2, 0.25) is 0 Å². The lowest BCUT2D eigenvalue weighted by Gasteiger charge is -2.19. The van der Waals surface area contributed by atoms with Gasteiger partial charge >= 0.3 is 6.09 Å². The molecule has 1 aromatic heterocycles. The molecule has 0 saturated carbocycles. The Morgan fingerprint density at radius 2 is 2.12 bits per heavy atom. The zero-order valence-corrected chi connectivity index (χ0v) is 14.6. The number of nitrogens with zero attached hydrogens (tertiary/aromatic N) is 1. The van der Waals surface area contributed by atoms with E-state index in [1.54, 1.807) is 26.8 Å². The Labute approximate surface area is 143 Å². The van der Waals surface area contributed by atoms with Gasteiger partial charge in [-0.15, -0.1) is 0 Å². The summed E-state index contributed by atoms with van der Waals surface area (Å²) in [5, 5.41) is 2.85. The number of rotatable bonds is 4. The molecule has 0 unspecified atom stereocenters. The first-order valence-corrected chi connectivity index (χ1v) is 7.98. The molecular formula is C16H20FN3O3S. The molecule has 0 saturated heterocycles. The summed E-state index contributed by atoms with van der Waals surface area (Å²) in [7, 11) is 0. The van der Waals surface area contributed by atoms with E-state index in [0.29, 0.717) is 19.5 Å². The first-order chi connectivity index (χ1) is 11.2. The van der Waals surface area contributed by atoms with Crippen LogP contribution in [0, 0.1) is 10.6 Å². The zero-order valence-electron chi connectivity index (χ0n) is 13.8. The first-order valence-electron chi connectivity index (χ1n) is 7.57. The van der Waals surface area contributed by atoms with Crippen LogP contribution < -0.4 is 10.9 Å². The lowest BCUT2D eigenvalue weighted by Crippen LogP contribution is -2.33. The van der Waals surface area contributed by atoms with E-state index in [-0.39, 0.29) is 21.2 Å². The second-order valence-electron chi connectivity index (χ2n) is 6.33. The fourth-order valence-electron chi connectivity index (χ4n) is 2.19. The highest BCUT2D eigenvalue weighted by Crippen LogP contribution is 2.11. The van der Waals surface area contributed by atoms with Crippen molar-refractivity contribution in [2.24, 2.45) is 0 Å². The van der Waals surface area contributed by atoms with E-state index in [1.165, 1.54) is 16.7 Å². The maximum atomic E-state index is 13.7.